The number of ether oxygens (including phenoxy) is 2. The third-order valence-electron chi connectivity index (χ3n) is 1.98. The second-order valence-corrected chi connectivity index (χ2v) is 3.71. The van der Waals surface area contributed by atoms with Crippen molar-refractivity contribution in [2.45, 2.75) is 0 Å². The van der Waals surface area contributed by atoms with Crippen molar-refractivity contribution in [3.63, 3.8) is 0 Å². The Hall–Kier alpha value is -1.63. The summed E-state index contributed by atoms with van der Waals surface area (Å²) in [5.41, 5.74) is -0.420. The van der Waals surface area contributed by atoms with E-state index in [2.05, 4.69) is 15.9 Å². The van der Waals surface area contributed by atoms with Gasteiger partial charge in [-0.3, -0.25) is 4.79 Å². The zero-order chi connectivity index (χ0) is 13.2. The number of ketones is 1. The Bertz CT molecular complexity index is 486. The first kappa shape index (κ1) is 13.4. The van der Waals surface area contributed by atoms with Crippen molar-refractivity contribution in [1.29, 1.82) is 0 Å². The molecule has 0 bridgehead atoms. The lowest BCUT2D eigenvalue weighted by atomic mass is 10.1. The fourth-order valence-corrected chi connectivity index (χ4v) is 1.72. The molecule has 92 valence electrons. The molecule has 1 N–H and O–H groups in total. The smallest absolute Gasteiger partial charge is 0.377 e. The van der Waals surface area contributed by atoms with E-state index in [9.17, 15) is 14.0 Å². The lowest BCUT2D eigenvalue weighted by Gasteiger charge is -2.12. The highest BCUT2D eigenvalue weighted by Gasteiger charge is 2.27. The zero-order valence-corrected chi connectivity index (χ0v) is 10.5. The lowest BCUT2D eigenvalue weighted by Crippen LogP contribution is -2.15. The van der Waals surface area contributed by atoms with Crippen molar-refractivity contribution < 1.29 is 28.6 Å². The minimum absolute atomic E-state index is 0.0576. The first-order chi connectivity index (χ1) is 7.93. The summed E-state index contributed by atoms with van der Waals surface area (Å²) in [6, 6.07) is 0.988. The van der Waals surface area contributed by atoms with Crippen LogP contribution in [0.1, 0.15) is 10.4 Å². The molecular weight excluding hydrogens is 299 g/mol. The van der Waals surface area contributed by atoms with Gasteiger partial charge in [0.25, 0.3) is 5.78 Å². The summed E-state index contributed by atoms with van der Waals surface area (Å²) in [5.74, 6) is -4.00. The van der Waals surface area contributed by atoms with E-state index in [4.69, 9.17) is 14.6 Å². The van der Waals surface area contributed by atoms with Crippen molar-refractivity contribution in [2.75, 3.05) is 14.2 Å². The fourth-order valence-electron chi connectivity index (χ4n) is 1.25. The largest absolute Gasteiger partial charge is 0.493 e. The Morgan fingerprint density at radius 2 is 1.94 bits per heavy atom. The summed E-state index contributed by atoms with van der Waals surface area (Å²) in [7, 11) is 2.47. The zero-order valence-electron chi connectivity index (χ0n) is 8.91. The highest BCUT2D eigenvalue weighted by atomic mass is 79.9. The van der Waals surface area contributed by atoms with Gasteiger partial charge < -0.3 is 14.6 Å². The van der Waals surface area contributed by atoms with Crippen LogP contribution in [0.4, 0.5) is 4.39 Å². The molecule has 1 rings (SSSR count). The number of methoxy groups -OCH3 is 2. The van der Waals surface area contributed by atoms with Crippen molar-refractivity contribution in [3.8, 4) is 11.5 Å². The normalized spacial score (nSPS) is 9.88. The first-order valence-electron chi connectivity index (χ1n) is 4.31. The molecule has 0 aliphatic rings. The number of carboxylic acids is 1. The van der Waals surface area contributed by atoms with Crippen LogP contribution in [0, 0.1) is 5.82 Å². The minimum atomic E-state index is -1.71. The molecule has 5 nitrogen and oxygen atoms in total. The van der Waals surface area contributed by atoms with Crippen LogP contribution in [-0.2, 0) is 4.79 Å². The molecule has 0 atom stereocenters. The van der Waals surface area contributed by atoms with Crippen LogP contribution in [0.15, 0.2) is 10.5 Å². The number of halogens is 2. The van der Waals surface area contributed by atoms with E-state index in [0.717, 1.165) is 6.07 Å². The quantitative estimate of drug-likeness (QED) is 0.679. The minimum Gasteiger partial charge on any atom is -0.493 e. The summed E-state index contributed by atoms with van der Waals surface area (Å²) in [4.78, 5) is 22.1. The Labute approximate surface area is 104 Å². The standard InChI is InChI=1S/C10H8BrFO5/c1-16-5-3-4(12)7(11)6(9(5)17-2)8(13)10(14)15/h3H,1-2H3,(H,14,15). The van der Waals surface area contributed by atoms with Gasteiger partial charge in [-0.2, -0.15) is 0 Å². The summed E-state index contributed by atoms with van der Waals surface area (Å²) in [6.45, 7) is 0. The van der Waals surface area contributed by atoms with Gasteiger partial charge in [0.15, 0.2) is 11.5 Å². The molecule has 7 heteroatoms. The summed E-state index contributed by atoms with van der Waals surface area (Å²) in [6.07, 6.45) is 0. The summed E-state index contributed by atoms with van der Waals surface area (Å²) >= 11 is 2.81. The number of carbonyl (C=O) groups excluding carboxylic acids is 1. The van der Waals surface area contributed by atoms with E-state index < -0.39 is 23.1 Å². The van der Waals surface area contributed by atoms with Crippen LogP contribution < -0.4 is 9.47 Å². The highest BCUT2D eigenvalue weighted by molar-refractivity contribution is 9.10. The molecular formula is C10H8BrFO5. The highest BCUT2D eigenvalue weighted by Crippen LogP contribution is 2.38. The molecule has 0 unspecified atom stereocenters. The Morgan fingerprint density at radius 1 is 1.35 bits per heavy atom. The maximum absolute atomic E-state index is 13.4. The molecule has 0 radical (unpaired) electrons. The summed E-state index contributed by atoms with van der Waals surface area (Å²) < 4.78 is 22.8. The van der Waals surface area contributed by atoms with Gasteiger partial charge in [0, 0.05) is 6.07 Å². The Morgan fingerprint density at radius 3 is 2.35 bits per heavy atom. The van der Waals surface area contributed by atoms with Crippen LogP contribution in [0.2, 0.25) is 0 Å². The van der Waals surface area contributed by atoms with Crippen molar-refractivity contribution in [1.82, 2.24) is 0 Å². The van der Waals surface area contributed by atoms with Gasteiger partial charge in [-0.1, -0.05) is 0 Å². The third kappa shape index (κ3) is 2.38. The molecule has 0 fully saturated rings. The maximum atomic E-state index is 13.4. The lowest BCUT2D eigenvalue weighted by molar-refractivity contribution is -0.131. The van der Waals surface area contributed by atoms with Crippen LogP contribution in [0.5, 0.6) is 11.5 Å². The van der Waals surface area contributed by atoms with E-state index in [0.29, 0.717) is 0 Å². The molecule has 0 aliphatic carbocycles. The number of aliphatic carboxylic acids is 1. The number of carboxylic acid groups (broad SMARTS) is 1. The van der Waals surface area contributed by atoms with E-state index in [-0.39, 0.29) is 16.0 Å². The number of rotatable bonds is 4. The van der Waals surface area contributed by atoms with Gasteiger partial charge in [-0.25, -0.2) is 9.18 Å². The van der Waals surface area contributed by atoms with Crippen molar-refractivity contribution in [2.24, 2.45) is 0 Å². The molecule has 0 amide bonds. The molecule has 1 aromatic carbocycles. The maximum Gasteiger partial charge on any atom is 0.377 e. The van der Waals surface area contributed by atoms with Gasteiger partial charge in [-0.15, -0.1) is 0 Å². The average Bonchev–Trinajstić information content (AvgIpc) is 2.30. The van der Waals surface area contributed by atoms with E-state index in [1.165, 1.54) is 14.2 Å². The first-order valence-corrected chi connectivity index (χ1v) is 5.10. The predicted octanol–water partition coefficient (Wildman–Crippen LogP) is 1.87. The SMILES string of the molecule is COc1cc(F)c(Br)c(C(=O)C(=O)O)c1OC. The molecule has 0 aromatic heterocycles. The molecule has 0 saturated heterocycles. The molecule has 17 heavy (non-hydrogen) atoms. The van der Waals surface area contributed by atoms with E-state index in [1.54, 1.807) is 0 Å². The fraction of sp³-hybridized carbons (Fsp3) is 0.200. The van der Waals surface area contributed by atoms with Crippen molar-refractivity contribution >= 4 is 27.7 Å². The molecule has 1 aromatic rings. The third-order valence-corrected chi connectivity index (χ3v) is 2.76. The Balaban J connectivity index is 3.60. The molecule has 0 spiro atoms. The summed E-state index contributed by atoms with van der Waals surface area (Å²) in [5, 5.41) is 8.65. The monoisotopic (exact) mass is 306 g/mol. The number of carbonyl (C=O) groups is 2. The molecule has 0 heterocycles. The van der Waals surface area contributed by atoms with Gasteiger partial charge in [0.2, 0.25) is 0 Å². The second kappa shape index (κ2) is 5.13. The van der Waals surface area contributed by atoms with Gasteiger partial charge >= 0.3 is 5.97 Å². The number of Topliss-reactive ketones (excluding diaryl/α,β-unsaturated/α-hetero) is 1. The second-order valence-electron chi connectivity index (χ2n) is 2.92. The molecule has 0 aliphatic heterocycles. The van der Waals surface area contributed by atoms with Gasteiger partial charge in [0.05, 0.1) is 24.3 Å². The molecule has 0 saturated carbocycles. The van der Waals surface area contributed by atoms with Crippen LogP contribution in [0.25, 0.3) is 0 Å². The van der Waals surface area contributed by atoms with E-state index in [1.807, 2.05) is 0 Å². The predicted molar refractivity (Wildman–Crippen MR) is 59.2 cm³/mol. The number of hydrogen-bond donors (Lipinski definition) is 1. The van der Waals surface area contributed by atoms with Crippen molar-refractivity contribution in [3.05, 3.63) is 21.9 Å². The van der Waals surface area contributed by atoms with Gasteiger partial charge in [-0.05, 0) is 15.9 Å². The van der Waals surface area contributed by atoms with Crippen LogP contribution >= 0.6 is 15.9 Å². The van der Waals surface area contributed by atoms with Crippen LogP contribution in [-0.4, -0.2) is 31.1 Å². The Kier molecular flexibility index (Phi) is 4.06. The average molecular weight is 307 g/mol. The van der Waals surface area contributed by atoms with Gasteiger partial charge in [0.1, 0.15) is 5.82 Å². The topological polar surface area (TPSA) is 72.8 Å². The van der Waals surface area contributed by atoms with Crippen LogP contribution in [0.3, 0.4) is 0 Å². The number of benzene rings is 1. The van der Waals surface area contributed by atoms with E-state index >= 15 is 0 Å². The number of hydrogen-bond acceptors (Lipinski definition) is 4.